The number of aromatic amines is 1. The van der Waals surface area contributed by atoms with Gasteiger partial charge >= 0.3 is 0 Å². The molecule has 0 aliphatic carbocycles. The average Bonchev–Trinajstić information content (AvgIpc) is 2.75. The number of pyridine rings is 1. The second kappa shape index (κ2) is 5.51. The number of amides is 1. The fraction of sp³-hybridized carbons (Fsp3) is 0.308. The van der Waals surface area contributed by atoms with E-state index in [0.29, 0.717) is 11.5 Å². The largest absolute Gasteiger partial charge is 0.395 e. The Balaban J connectivity index is 2.13. The van der Waals surface area contributed by atoms with E-state index in [2.05, 4.69) is 20.5 Å². The van der Waals surface area contributed by atoms with E-state index >= 15 is 0 Å². The maximum absolute atomic E-state index is 12.0. The Bertz CT molecular complexity index is 573. The first-order chi connectivity index (χ1) is 9.11. The highest BCUT2D eigenvalue weighted by Crippen LogP contribution is 2.16. The van der Waals surface area contributed by atoms with Gasteiger partial charge in [0.2, 0.25) is 0 Å². The molecule has 0 bridgehead atoms. The zero-order valence-corrected chi connectivity index (χ0v) is 11.0. The predicted molar refractivity (Wildman–Crippen MR) is 73.9 cm³/mol. The lowest BCUT2D eigenvalue weighted by molar-refractivity contribution is 0.102. The number of nitrogens with two attached hydrogens (primary N) is 1. The van der Waals surface area contributed by atoms with Crippen LogP contribution in [0.5, 0.6) is 0 Å². The van der Waals surface area contributed by atoms with Gasteiger partial charge in [0.15, 0.2) is 5.69 Å². The van der Waals surface area contributed by atoms with Crippen molar-refractivity contribution in [2.45, 2.75) is 26.7 Å². The van der Waals surface area contributed by atoms with Crippen molar-refractivity contribution in [2.75, 3.05) is 11.1 Å². The summed E-state index contributed by atoms with van der Waals surface area (Å²) in [6.45, 7) is 3.97. The van der Waals surface area contributed by atoms with E-state index in [9.17, 15) is 4.79 Å². The Morgan fingerprint density at radius 3 is 2.89 bits per heavy atom. The third kappa shape index (κ3) is 2.90. The third-order valence-electron chi connectivity index (χ3n) is 2.75. The molecular weight excluding hydrogens is 242 g/mol. The summed E-state index contributed by atoms with van der Waals surface area (Å²) in [5.41, 5.74) is 8.34. The highest BCUT2D eigenvalue weighted by molar-refractivity contribution is 6.06. The van der Waals surface area contributed by atoms with E-state index in [1.165, 1.54) is 0 Å². The number of nitrogens with zero attached hydrogens (tertiary/aromatic N) is 2. The van der Waals surface area contributed by atoms with E-state index in [-0.39, 0.29) is 11.6 Å². The average molecular weight is 259 g/mol. The van der Waals surface area contributed by atoms with Crippen molar-refractivity contribution in [1.82, 2.24) is 15.2 Å². The predicted octanol–water partition coefficient (Wildman–Crippen LogP) is 1.90. The minimum absolute atomic E-state index is 0.214. The van der Waals surface area contributed by atoms with Gasteiger partial charge < -0.3 is 11.1 Å². The van der Waals surface area contributed by atoms with Crippen LogP contribution in [-0.2, 0) is 6.42 Å². The van der Waals surface area contributed by atoms with E-state index in [1.54, 1.807) is 12.3 Å². The summed E-state index contributed by atoms with van der Waals surface area (Å²) < 4.78 is 0. The number of aryl methyl sites for hydroxylation is 2. The molecule has 100 valence electrons. The third-order valence-corrected chi connectivity index (χ3v) is 2.75. The van der Waals surface area contributed by atoms with Crippen LogP contribution >= 0.6 is 0 Å². The fourth-order valence-electron chi connectivity index (χ4n) is 1.72. The summed E-state index contributed by atoms with van der Waals surface area (Å²) in [5.74, 6) is 0.127. The van der Waals surface area contributed by atoms with Gasteiger partial charge in [0.1, 0.15) is 5.82 Å². The Hall–Kier alpha value is -2.37. The van der Waals surface area contributed by atoms with Crippen molar-refractivity contribution < 1.29 is 4.79 Å². The molecule has 0 aliphatic rings. The van der Waals surface area contributed by atoms with Crippen LogP contribution in [0.4, 0.5) is 11.5 Å². The van der Waals surface area contributed by atoms with Crippen molar-refractivity contribution in [3.05, 3.63) is 35.3 Å². The molecule has 4 N–H and O–H groups in total. The monoisotopic (exact) mass is 259 g/mol. The lowest BCUT2D eigenvalue weighted by Gasteiger charge is -2.03. The molecule has 0 unspecified atom stereocenters. The van der Waals surface area contributed by atoms with Crippen LogP contribution in [0.25, 0.3) is 0 Å². The molecule has 0 saturated carbocycles. The van der Waals surface area contributed by atoms with Crippen LogP contribution in [0, 0.1) is 6.92 Å². The summed E-state index contributed by atoms with van der Waals surface area (Å²) in [6, 6.07) is 3.61. The summed E-state index contributed by atoms with van der Waals surface area (Å²) in [7, 11) is 0. The van der Waals surface area contributed by atoms with Crippen LogP contribution in [0.2, 0.25) is 0 Å². The second-order valence-electron chi connectivity index (χ2n) is 4.39. The number of nitrogen functional groups attached to an aromatic ring is 1. The molecule has 6 heteroatoms. The van der Waals surface area contributed by atoms with Crippen molar-refractivity contribution in [2.24, 2.45) is 0 Å². The van der Waals surface area contributed by atoms with Gasteiger partial charge in [-0.3, -0.25) is 9.89 Å². The molecule has 0 saturated heterocycles. The lowest BCUT2D eigenvalue weighted by Crippen LogP contribution is -2.15. The molecule has 0 fully saturated rings. The molecule has 1 amide bonds. The van der Waals surface area contributed by atoms with Gasteiger partial charge in [-0.1, -0.05) is 19.4 Å². The van der Waals surface area contributed by atoms with E-state index < -0.39 is 0 Å². The maximum Gasteiger partial charge on any atom is 0.279 e. The smallest absolute Gasteiger partial charge is 0.279 e. The first-order valence-corrected chi connectivity index (χ1v) is 6.18. The maximum atomic E-state index is 12.0. The van der Waals surface area contributed by atoms with Gasteiger partial charge in [-0.15, -0.1) is 0 Å². The lowest BCUT2D eigenvalue weighted by atomic mass is 10.2. The molecule has 0 aliphatic heterocycles. The van der Waals surface area contributed by atoms with Crippen molar-refractivity contribution in [3.63, 3.8) is 0 Å². The Morgan fingerprint density at radius 1 is 1.47 bits per heavy atom. The standard InChI is InChI=1S/C13H17N5O/c1-3-4-9-11(14)12(18-17-9)13(19)16-10-6-5-8(2)7-15-10/h5-7H,3-4,14H2,1-2H3,(H,17,18)(H,15,16,19). The molecule has 2 aromatic rings. The minimum Gasteiger partial charge on any atom is -0.395 e. The first kappa shape index (κ1) is 13.1. The fourth-order valence-corrected chi connectivity index (χ4v) is 1.72. The van der Waals surface area contributed by atoms with Crippen LogP contribution in [0.1, 0.15) is 35.1 Å². The number of aromatic nitrogens is 3. The number of rotatable bonds is 4. The molecule has 0 spiro atoms. The number of nitrogens with one attached hydrogen (secondary N) is 2. The number of carbonyl (C=O) groups is 1. The molecule has 6 nitrogen and oxygen atoms in total. The normalized spacial score (nSPS) is 10.4. The van der Waals surface area contributed by atoms with Crippen molar-refractivity contribution >= 4 is 17.4 Å². The van der Waals surface area contributed by atoms with Crippen LogP contribution in [0.15, 0.2) is 18.3 Å². The van der Waals surface area contributed by atoms with Crippen molar-refractivity contribution in [3.8, 4) is 0 Å². The van der Waals surface area contributed by atoms with E-state index in [4.69, 9.17) is 5.73 Å². The van der Waals surface area contributed by atoms with Crippen molar-refractivity contribution in [1.29, 1.82) is 0 Å². The zero-order chi connectivity index (χ0) is 13.8. The van der Waals surface area contributed by atoms with Gasteiger partial charge in [-0.2, -0.15) is 5.10 Å². The Labute approximate surface area is 111 Å². The molecular formula is C13H17N5O. The summed E-state index contributed by atoms with van der Waals surface area (Å²) >= 11 is 0. The topological polar surface area (TPSA) is 96.7 Å². The molecule has 0 atom stereocenters. The number of H-pyrrole nitrogens is 1. The van der Waals surface area contributed by atoms with Gasteiger partial charge in [0.05, 0.1) is 11.4 Å². The second-order valence-corrected chi connectivity index (χ2v) is 4.39. The van der Waals surface area contributed by atoms with Gasteiger partial charge in [0, 0.05) is 6.20 Å². The van der Waals surface area contributed by atoms with Crippen LogP contribution in [-0.4, -0.2) is 21.1 Å². The zero-order valence-electron chi connectivity index (χ0n) is 11.0. The summed E-state index contributed by atoms with van der Waals surface area (Å²) in [6.07, 6.45) is 3.40. The summed E-state index contributed by atoms with van der Waals surface area (Å²) in [4.78, 5) is 16.1. The highest BCUT2D eigenvalue weighted by atomic mass is 16.2. The molecule has 0 aromatic carbocycles. The van der Waals surface area contributed by atoms with Crippen LogP contribution < -0.4 is 11.1 Å². The molecule has 2 heterocycles. The molecule has 0 radical (unpaired) electrons. The highest BCUT2D eigenvalue weighted by Gasteiger charge is 2.17. The number of anilines is 2. The Kier molecular flexibility index (Phi) is 3.79. The summed E-state index contributed by atoms with van der Waals surface area (Å²) in [5, 5.41) is 9.42. The number of carbonyl (C=O) groups excluding carboxylic acids is 1. The quantitative estimate of drug-likeness (QED) is 0.781. The first-order valence-electron chi connectivity index (χ1n) is 6.18. The van der Waals surface area contributed by atoms with Crippen LogP contribution in [0.3, 0.4) is 0 Å². The molecule has 19 heavy (non-hydrogen) atoms. The number of hydrogen-bond donors (Lipinski definition) is 3. The minimum atomic E-state index is -0.354. The SMILES string of the molecule is CCCc1[nH]nc(C(=O)Nc2ccc(C)cn2)c1N. The van der Waals surface area contributed by atoms with Gasteiger partial charge in [0.25, 0.3) is 5.91 Å². The number of hydrogen-bond acceptors (Lipinski definition) is 4. The van der Waals surface area contributed by atoms with E-state index in [1.807, 2.05) is 19.9 Å². The molecule has 2 aromatic heterocycles. The van der Waals surface area contributed by atoms with Gasteiger partial charge in [-0.05, 0) is 25.0 Å². The Morgan fingerprint density at radius 2 is 2.26 bits per heavy atom. The molecule has 2 rings (SSSR count). The van der Waals surface area contributed by atoms with E-state index in [0.717, 1.165) is 24.1 Å². The van der Waals surface area contributed by atoms with Gasteiger partial charge in [-0.25, -0.2) is 4.98 Å².